The number of nitrogens with zero attached hydrogens (tertiary/aromatic N) is 2. The highest BCUT2D eigenvalue weighted by Gasteiger charge is 2.29. The molecule has 0 saturated carbocycles. The number of pyridine rings is 1. The van der Waals surface area contributed by atoms with Crippen LogP contribution in [0.15, 0.2) is 17.1 Å². The van der Waals surface area contributed by atoms with Crippen molar-refractivity contribution in [3.8, 4) is 0 Å². The summed E-state index contributed by atoms with van der Waals surface area (Å²) in [6, 6.07) is 1.65. The van der Waals surface area contributed by atoms with Crippen molar-refractivity contribution in [1.82, 2.24) is 19.9 Å². The number of hydrogen-bond acceptors (Lipinski definition) is 4. The van der Waals surface area contributed by atoms with Crippen molar-refractivity contribution in [2.75, 3.05) is 19.7 Å². The number of nitrogens with one attached hydrogen (secondary N) is 2. The monoisotopic (exact) mass is 316 g/mol. The molecular formula is C16H20N4O3. The van der Waals surface area contributed by atoms with Crippen molar-refractivity contribution in [2.24, 2.45) is 0 Å². The van der Waals surface area contributed by atoms with Gasteiger partial charge >= 0.3 is 0 Å². The molecule has 2 N–H and O–H groups in total. The van der Waals surface area contributed by atoms with E-state index in [2.05, 4.69) is 15.0 Å². The Hall–Kier alpha value is -2.41. The van der Waals surface area contributed by atoms with E-state index in [1.54, 1.807) is 17.2 Å². The van der Waals surface area contributed by atoms with E-state index in [9.17, 15) is 9.59 Å². The van der Waals surface area contributed by atoms with E-state index in [4.69, 9.17) is 4.74 Å². The normalized spacial score (nSPS) is 18.2. The molecule has 2 aromatic heterocycles. The van der Waals surface area contributed by atoms with Crippen LogP contribution in [0.1, 0.15) is 39.2 Å². The third-order valence-corrected chi connectivity index (χ3v) is 4.11. The average Bonchev–Trinajstić information content (AvgIpc) is 2.97. The number of carbonyl (C=O) groups is 1. The van der Waals surface area contributed by atoms with Crippen LogP contribution in [-0.4, -0.2) is 45.5 Å². The van der Waals surface area contributed by atoms with Crippen molar-refractivity contribution in [1.29, 1.82) is 0 Å². The first-order valence-corrected chi connectivity index (χ1v) is 7.58. The van der Waals surface area contributed by atoms with E-state index in [1.165, 1.54) is 0 Å². The van der Waals surface area contributed by atoms with E-state index in [0.717, 1.165) is 17.0 Å². The molecule has 1 aliphatic rings. The fourth-order valence-electron chi connectivity index (χ4n) is 2.65. The van der Waals surface area contributed by atoms with E-state index < -0.39 is 0 Å². The number of morpholine rings is 1. The Kier molecular flexibility index (Phi) is 4.04. The van der Waals surface area contributed by atoms with Crippen molar-refractivity contribution in [3.63, 3.8) is 0 Å². The van der Waals surface area contributed by atoms with Gasteiger partial charge < -0.3 is 19.6 Å². The molecule has 0 radical (unpaired) electrons. The predicted molar refractivity (Wildman–Crippen MR) is 84.5 cm³/mol. The molecule has 3 rings (SSSR count). The van der Waals surface area contributed by atoms with Crippen LogP contribution in [0, 0.1) is 20.8 Å². The van der Waals surface area contributed by atoms with Gasteiger partial charge in [0.2, 0.25) is 0 Å². The minimum absolute atomic E-state index is 0.171. The standard InChI is InChI=1S/C16H20N4O3/c1-9-6-12(15(21)19-11(9)3)16(22)20-4-5-23-13(8-20)14-17-7-10(2)18-14/h6-7,13H,4-5,8H2,1-3H3,(H,17,18)(H,19,21)/t13-/m1/s1. The number of ether oxygens (including phenoxy) is 1. The molecule has 0 aromatic carbocycles. The molecule has 0 unspecified atom stereocenters. The number of rotatable bonds is 2. The largest absolute Gasteiger partial charge is 0.367 e. The predicted octanol–water partition coefficient (Wildman–Crippen LogP) is 1.24. The third kappa shape index (κ3) is 3.05. The van der Waals surface area contributed by atoms with Crippen LogP contribution in [0.5, 0.6) is 0 Å². The molecule has 1 atom stereocenters. The van der Waals surface area contributed by atoms with Gasteiger partial charge in [0.15, 0.2) is 0 Å². The van der Waals surface area contributed by atoms with E-state index in [-0.39, 0.29) is 23.1 Å². The molecule has 23 heavy (non-hydrogen) atoms. The number of amides is 1. The Balaban J connectivity index is 1.82. The van der Waals surface area contributed by atoms with Gasteiger partial charge in [-0.3, -0.25) is 9.59 Å². The van der Waals surface area contributed by atoms with Crippen LogP contribution >= 0.6 is 0 Å². The Bertz CT molecular complexity index is 793. The van der Waals surface area contributed by atoms with Gasteiger partial charge in [-0.05, 0) is 32.4 Å². The SMILES string of the molecule is Cc1cnc([C@H]2CN(C(=O)c3cc(C)c(C)[nH]c3=O)CCO2)[nH]1. The Morgan fingerprint density at radius 3 is 2.83 bits per heavy atom. The lowest BCUT2D eigenvalue weighted by atomic mass is 10.1. The van der Waals surface area contributed by atoms with Crippen LogP contribution in [0.25, 0.3) is 0 Å². The maximum Gasteiger partial charge on any atom is 0.261 e. The van der Waals surface area contributed by atoms with Crippen LogP contribution in [-0.2, 0) is 4.74 Å². The summed E-state index contributed by atoms with van der Waals surface area (Å²) in [4.78, 5) is 36.5. The van der Waals surface area contributed by atoms with Gasteiger partial charge in [-0.2, -0.15) is 0 Å². The smallest absolute Gasteiger partial charge is 0.261 e. The molecule has 0 spiro atoms. The zero-order chi connectivity index (χ0) is 16.6. The Labute approximate surface area is 133 Å². The van der Waals surface area contributed by atoms with Gasteiger partial charge in [0, 0.05) is 24.1 Å². The van der Waals surface area contributed by atoms with Crippen LogP contribution < -0.4 is 5.56 Å². The average molecular weight is 316 g/mol. The van der Waals surface area contributed by atoms with Gasteiger partial charge in [-0.1, -0.05) is 0 Å². The van der Waals surface area contributed by atoms with Crippen molar-refractivity contribution in [2.45, 2.75) is 26.9 Å². The number of aromatic amines is 2. The number of hydrogen-bond donors (Lipinski definition) is 2. The number of carbonyl (C=O) groups excluding carboxylic acids is 1. The number of aryl methyl sites for hydroxylation is 3. The summed E-state index contributed by atoms with van der Waals surface area (Å²) in [5, 5.41) is 0. The van der Waals surface area contributed by atoms with E-state index in [0.29, 0.717) is 25.5 Å². The van der Waals surface area contributed by atoms with Gasteiger partial charge in [0.05, 0.1) is 13.2 Å². The molecule has 0 aliphatic carbocycles. The van der Waals surface area contributed by atoms with Gasteiger partial charge in [-0.15, -0.1) is 0 Å². The minimum Gasteiger partial charge on any atom is -0.367 e. The van der Waals surface area contributed by atoms with Gasteiger partial charge in [-0.25, -0.2) is 4.98 Å². The number of aromatic nitrogens is 3. The summed E-state index contributed by atoms with van der Waals surface area (Å²) >= 11 is 0. The van der Waals surface area contributed by atoms with Gasteiger partial charge in [0.25, 0.3) is 11.5 Å². The molecule has 122 valence electrons. The number of imidazole rings is 1. The summed E-state index contributed by atoms with van der Waals surface area (Å²) in [5.74, 6) is 0.430. The number of H-pyrrole nitrogens is 2. The molecular weight excluding hydrogens is 296 g/mol. The van der Waals surface area contributed by atoms with Crippen molar-refractivity contribution < 1.29 is 9.53 Å². The molecule has 1 aliphatic heterocycles. The maximum atomic E-state index is 12.7. The van der Waals surface area contributed by atoms with E-state index in [1.807, 2.05) is 20.8 Å². The first kappa shape index (κ1) is 15.5. The van der Waals surface area contributed by atoms with Gasteiger partial charge in [0.1, 0.15) is 17.5 Å². The second-order valence-electron chi connectivity index (χ2n) is 5.88. The summed E-state index contributed by atoms with van der Waals surface area (Å²) in [6.45, 7) is 6.85. The van der Waals surface area contributed by atoms with E-state index >= 15 is 0 Å². The summed E-state index contributed by atoms with van der Waals surface area (Å²) in [5.41, 5.74) is 2.42. The summed E-state index contributed by atoms with van der Waals surface area (Å²) < 4.78 is 5.69. The van der Waals surface area contributed by atoms with Crippen LogP contribution in [0.4, 0.5) is 0 Å². The fourth-order valence-corrected chi connectivity index (χ4v) is 2.65. The molecule has 7 heteroatoms. The second kappa shape index (κ2) is 6.00. The second-order valence-corrected chi connectivity index (χ2v) is 5.88. The van der Waals surface area contributed by atoms with Crippen molar-refractivity contribution >= 4 is 5.91 Å². The Morgan fingerprint density at radius 1 is 1.35 bits per heavy atom. The highest BCUT2D eigenvalue weighted by atomic mass is 16.5. The molecule has 0 bridgehead atoms. The third-order valence-electron chi connectivity index (χ3n) is 4.11. The fraction of sp³-hybridized carbons (Fsp3) is 0.438. The highest BCUT2D eigenvalue weighted by molar-refractivity contribution is 5.94. The zero-order valence-corrected chi connectivity index (χ0v) is 13.5. The molecule has 7 nitrogen and oxygen atoms in total. The van der Waals surface area contributed by atoms with Crippen molar-refractivity contribution in [3.05, 3.63) is 51.0 Å². The zero-order valence-electron chi connectivity index (χ0n) is 13.5. The maximum absolute atomic E-state index is 12.7. The quantitative estimate of drug-likeness (QED) is 0.872. The lowest BCUT2D eigenvalue weighted by Crippen LogP contribution is -2.44. The lowest BCUT2D eigenvalue weighted by Gasteiger charge is -2.32. The molecule has 1 saturated heterocycles. The topological polar surface area (TPSA) is 91.1 Å². The minimum atomic E-state index is -0.352. The molecule has 2 aromatic rings. The first-order valence-electron chi connectivity index (χ1n) is 7.58. The molecule has 1 fully saturated rings. The highest BCUT2D eigenvalue weighted by Crippen LogP contribution is 2.20. The van der Waals surface area contributed by atoms with Crippen LogP contribution in [0.3, 0.4) is 0 Å². The summed E-state index contributed by atoms with van der Waals surface area (Å²) in [7, 11) is 0. The molecule has 1 amide bonds. The Morgan fingerprint density at radius 2 is 2.13 bits per heavy atom. The lowest BCUT2D eigenvalue weighted by molar-refractivity contribution is -0.0265. The first-order chi connectivity index (χ1) is 11.0. The molecule has 3 heterocycles. The summed E-state index contributed by atoms with van der Waals surface area (Å²) in [6.07, 6.45) is 1.43. The van der Waals surface area contributed by atoms with Crippen LogP contribution in [0.2, 0.25) is 0 Å².